The molecule has 0 aliphatic carbocycles. The van der Waals surface area contributed by atoms with Crippen molar-refractivity contribution < 1.29 is 8.42 Å². The van der Waals surface area contributed by atoms with E-state index in [2.05, 4.69) is 15.9 Å². The molecule has 1 unspecified atom stereocenters. The van der Waals surface area contributed by atoms with E-state index in [1.165, 1.54) is 4.31 Å². The molecule has 0 saturated carbocycles. The molecule has 4 nitrogen and oxygen atoms in total. The van der Waals surface area contributed by atoms with Gasteiger partial charge in [-0.25, -0.2) is 8.42 Å². The minimum atomic E-state index is -3.54. The van der Waals surface area contributed by atoms with Gasteiger partial charge < -0.3 is 5.73 Å². The maximum absolute atomic E-state index is 12.6. The van der Waals surface area contributed by atoms with Crippen LogP contribution >= 0.6 is 28.1 Å². The summed E-state index contributed by atoms with van der Waals surface area (Å²) < 4.78 is 27.5. The number of halogens is 1. The van der Waals surface area contributed by atoms with E-state index in [1.54, 1.807) is 24.3 Å². The Morgan fingerprint density at radius 1 is 1.42 bits per heavy atom. The van der Waals surface area contributed by atoms with Crippen LogP contribution in [-0.4, -0.2) is 30.3 Å². The molecule has 1 saturated heterocycles. The molecule has 104 valence electrons. The molecule has 1 atom stereocenters. The van der Waals surface area contributed by atoms with Crippen molar-refractivity contribution in [2.75, 3.05) is 6.54 Å². The molecule has 1 aromatic carbocycles. The van der Waals surface area contributed by atoms with Crippen LogP contribution in [0.1, 0.15) is 19.3 Å². The van der Waals surface area contributed by atoms with E-state index in [-0.39, 0.29) is 15.9 Å². The van der Waals surface area contributed by atoms with Crippen molar-refractivity contribution in [1.29, 1.82) is 0 Å². The molecule has 1 aliphatic rings. The molecule has 0 bridgehead atoms. The maximum atomic E-state index is 12.6. The van der Waals surface area contributed by atoms with Gasteiger partial charge in [0.15, 0.2) is 0 Å². The molecule has 1 heterocycles. The van der Waals surface area contributed by atoms with Crippen LogP contribution in [0.3, 0.4) is 0 Å². The van der Waals surface area contributed by atoms with Crippen molar-refractivity contribution in [3.05, 3.63) is 28.7 Å². The Kier molecular flexibility index (Phi) is 4.60. The van der Waals surface area contributed by atoms with E-state index in [9.17, 15) is 8.42 Å². The van der Waals surface area contributed by atoms with E-state index in [1.807, 2.05) is 0 Å². The Hall–Kier alpha value is -0.500. The number of nitrogens with two attached hydrogens (primary N) is 1. The molecule has 2 rings (SSSR count). The van der Waals surface area contributed by atoms with Gasteiger partial charge in [0.1, 0.15) is 0 Å². The Morgan fingerprint density at radius 2 is 2.16 bits per heavy atom. The number of nitrogens with zero attached hydrogens (tertiary/aromatic N) is 1. The first-order valence-corrected chi connectivity index (χ1v) is 8.64. The summed E-state index contributed by atoms with van der Waals surface area (Å²) in [5.74, 6) is 0. The average Bonchev–Trinajstić information content (AvgIpc) is 2.38. The van der Waals surface area contributed by atoms with E-state index < -0.39 is 10.0 Å². The first kappa shape index (κ1) is 14.9. The number of rotatable bonds is 3. The van der Waals surface area contributed by atoms with Crippen LogP contribution in [0.2, 0.25) is 0 Å². The summed E-state index contributed by atoms with van der Waals surface area (Å²) in [6.07, 6.45) is 2.49. The number of piperidine rings is 1. The molecular weight excluding hydrogens is 348 g/mol. The summed E-state index contributed by atoms with van der Waals surface area (Å²) in [5, 5.41) is 0. The van der Waals surface area contributed by atoms with Gasteiger partial charge in [0.2, 0.25) is 10.0 Å². The summed E-state index contributed by atoms with van der Waals surface area (Å²) in [7, 11) is -3.54. The van der Waals surface area contributed by atoms with Crippen LogP contribution in [-0.2, 0) is 10.0 Å². The summed E-state index contributed by atoms with van der Waals surface area (Å²) in [4.78, 5) is 0.517. The predicted octanol–water partition coefficient (Wildman–Crippen LogP) is 2.28. The molecule has 7 heteroatoms. The average molecular weight is 363 g/mol. The summed E-state index contributed by atoms with van der Waals surface area (Å²) in [6.45, 7) is 0.469. The Balaban J connectivity index is 2.40. The van der Waals surface area contributed by atoms with Gasteiger partial charge >= 0.3 is 0 Å². The highest BCUT2D eigenvalue weighted by Gasteiger charge is 2.34. The molecular formula is C12H15BrN2O2S2. The van der Waals surface area contributed by atoms with E-state index in [4.69, 9.17) is 18.0 Å². The summed E-state index contributed by atoms with van der Waals surface area (Å²) in [6, 6.07) is 6.32. The molecule has 1 aromatic rings. The quantitative estimate of drug-likeness (QED) is 0.837. The number of thiocarbonyl (C=S) groups is 1. The minimum Gasteiger partial charge on any atom is -0.392 e. The van der Waals surface area contributed by atoms with Crippen molar-refractivity contribution in [3.63, 3.8) is 0 Å². The largest absolute Gasteiger partial charge is 0.392 e. The van der Waals surface area contributed by atoms with Crippen LogP contribution in [0, 0.1) is 0 Å². The third kappa shape index (κ3) is 3.16. The lowest BCUT2D eigenvalue weighted by Crippen LogP contribution is -2.49. The molecule has 0 radical (unpaired) electrons. The maximum Gasteiger partial charge on any atom is 0.243 e. The standard InChI is InChI=1S/C12H15BrN2O2S2/c13-9-4-3-5-10(8-9)19(16,17)15-7-2-1-6-11(15)12(14)18/h3-5,8,11H,1-2,6-7H2,(H2,14,18). The molecule has 0 spiro atoms. The van der Waals surface area contributed by atoms with Crippen LogP contribution in [0.4, 0.5) is 0 Å². The Labute approximate surface area is 127 Å². The molecule has 0 aromatic heterocycles. The van der Waals surface area contributed by atoms with Crippen molar-refractivity contribution in [1.82, 2.24) is 4.31 Å². The van der Waals surface area contributed by atoms with Crippen LogP contribution in [0.15, 0.2) is 33.6 Å². The Bertz CT molecular complexity index is 589. The fourth-order valence-corrected chi connectivity index (χ4v) is 4.82. The van der Waals surface area contributed by atoms with Crippen molar-refractivity contribution in [2.24, 2.45) is 5.73 Å². The SMILES string of the molecule is NC(=S)C1CCCCN1S(=O)(=O)c1cccc(Br)c1. The highest BCUT2D eigenvalue weighted by molar-refractivity contribution is 9.10. The van der Waals surface area contributed by atoms with Gasteiger partial charge in [-0.3, -0.25) is 0 Å². The fourth-order valence-electron chi connectivity index (χ4n) is 2.24. The second-order valence-electron chi connectivity index (χ2n) is 4.49. The van der Waals surface area contributed by atoms with Gasteiger partial charge in [0.05, 0.1) is 15.9 Å². The van der Waals surface area contributed by atoms with Gasteiger partial charge in [-0.15, -0.1) is 0 Å². The van der Waals surface area contributed by atoms with Crippen LogP contribution < -0.4 is 5.73 Å². The van der Waals surface area contributed by atoms with Crippen LogP contribution in [0.5, 0.6) is 0 Å². The van der Waals surface area contributed by atoms with Gasteiger partial charge in [-0.1, -0.05) is 40.6 Å². The van der Waals surface area contributed by atoms with E-state index >= 15 is 0 Å². The van der Waals surface area contributed by atoms with Gasteiger partial charge in [0.25, 0.3) is 0 Å². The lowest BCUT2D eigenvalue weighted by atomic mass is 10.1. The van der Waals surface area contributed by atoms with Gasteiger partial charge in [-0.2, -0.15) is 4.31 Å². The topological polar surface area (TPSA) is 63.4 Å². The van der Waals surface area contributed by atoms with Crippen molar-refractivity contribution in [3.8, 4) is 0 Å². The number of hydrogen-bond acceptors (Lipinski definition) is 3. The van der Waals surface area contributed by atoms with Gasteiger partial charge in [0, 0.05) is 11.0 Å². The zero-order chi connectivity index (χ0) is 14.0. The molecule has 2 N–H and O–H groups in total. The first-order chi connectivity index (χ1) is 8.93. The lowest BCUT2D eigenvalue weighted by molar-refractivity contribution is 0.306. The molecule has 0 amide bonds. The monoisotopic (exact) mass is 362 g/mol. The minimum absolute atomic E-state index is 0.248. The van der Waals surface area contributed by atoms with Gasteiger partial charge in [-0.05, 0) is 31.0 Å². The highest BCUT2D eigenvalue weighted by atomic mass is 79.9. The first-order valence-electron chi connectivity index (χ1n) is 5.99. The van der Waals surface area contributed by atoms with E-state index in [0.29, 0.717) is 13.0 Å². The summed E-state index contributed by atoms with van der Waals surface area (Å²) in [5.41, 5.74) is 5.68. The second kappa shape index (κ2) is 5.87. The van der Waals surface area contributed by atoms with Crippen LogP contribution in [0.25, 0.3) is 0 Å². The summed E-state index contributed by atoms with van der Waals surface area (Å²) >= 11 is 8.29. The number of benzene rings is 1. The predicted molar refractivity (Wildman–Crippen MR) is 82.5 cm³/mol. The smallest absolute Gasteiger partial charge is 0.243 e. The highest BCUT2D eigenvalue weighted by Crippen LogP contribution is 2.26. The number of hydrogen-bond donors (Lipinski definition) is 1. The Morgan fingerprint density at radius 3 is 2.79 bits per heavy atom. The third-order valence-electron chi connectivity index (χ3n) is 3.18. The third-order valence-corrected chi connectivity index (χ3v) is 5.85. The normalized spacial score (nSPS) is 21.2. The zero-order valence-corrected chi connectivity index (χ0v) is 13.5. The fraction of sp³-hybridized carbons (Fsp3) is 0.417. The van der Waals surface area contributed by atoms with Crippen molar-refractivity contribution in [2.45, 2.75) is 30.2 Å². The lowest BCUT2D eigenvalue weighted by Gasteiger charge is -2.33. The van der Waals surface area contributed by atoms with E-state index in [0.717, 1.165) is 17.3 Å². The molecule has 1 aliphatic heterocycles. The zero-order valence-electron chi connectivity index (χ0n) is 10.3. The number of sulfonamides is 1. The molecule has 1 fully saturated rings. The van der Waals surface area contributed by atoms with Crippen molar-refractivity contribution >= 4 is 43.2 Å². The second-order valence-corrected chi connectivity index (χ2v) is 7.76. The molecule has 19 heavy (non-hydrogen) atoms.